The summed E-state index contributed by atoms with van der Waals surface area (Å²) in [7, 11) is 0. The molecule has 1 aromatic carbocycles. The van der Waals surface area contributed by atoms with Gasteiger partial charge in [0, 0.05) is 24.2 Å². The van der Waals surface area contributed by atoms with Gasteiger partial charge in [-0.05, 0) is 25.7 Å². The first kappa shape index (κ1) is 16.9. The number of hydrogen-bond acceptors (Lipinski definition) is 6. The van der Waals surface area contributed by atoms with E-state index < -0.39 is 6.10 Å². The second-order valence-electron chi connectivity index (χ2n) is 6.98. The van der Waals surface area contributed by atoms with Crippen molar-refractivity contribution in [3.8, 4) is 11.3 Å². The maximum Gasteiger partial charge on any atom is 0.151 e. The largest absolute Gasteiger partial charge is 0.387 e. The molecule has 3 aromatic rings. The standard InChI is InChI=1S/C19H23N5O2/c1-13(25)19-11-21-23-24(19)12-14-7-16(8-14)20-10-17-9-18(22-26-17)15-5-3-2-4-6-15/h2-6,9,11,13-14,16,20,25H,7-8,10,12H2,1H3/t13-,14?,16?/m1/s1. The van der Waals surface area contributed by atoms with Gasteiger partial charge in [-0.25, -0.2) is 4.68 Å². The molecule has 2 aromatic heterocycles. The minimum absolute atomic E-state index is 0.476. The zero-order valence-corrected chi connectivity index (χ0v) is 14.7. The number of hydrogen-bond donors (Lipinski definition) is 2. The third-order valence-electron chi connectivity index (χ3n) is 4.94. The topological polar surface area (TPSA) is 89.0 Å². The van der Waals surface area contributed by atoms with Crippen LogP contribution in [0.5, 0.6) is 0 Å². The fraction of sp³-hybridized carbons (Fsp3) is 0.421. The molecule has 0 saturated heterocycles. The van der Waals surface area contributed by atoms with E-state index in [1.807, 2.05) is 41.1 Å². The van der Waals surface area contributed by atoms with Crippen LogP contribution in [0.1, 0.15) is 37.3 Å². The third kappa shape index (κ3) is 3.68. The van der Waals surface area contributed by atoms with E-state index in [0.717, 1.165) is 42.1 Å². The molecule has 0 amide bonds. The van der Waals surface area contributed by atoms with Gasteiger partial charge < -0.3 is 14.9 Å². The Morgan fingerprint density at radius 3 is 2.88 bits per heavy atom. The summed E-state index contributed by atoms with van der Waals surface area (Å²) in [6.07, 6.45) is 3.26. The number of nitrogens with one attached hydrogen (secondary N) is 1. The van der Waals surface area contributed by atoms with Crippen molar-refractivity contribution in [3.63, 3.8) is 0 Å². The normalized spacial score (nSPS) is 20.7. The first-order valence-corrected chi connectivity index (χ1v) is 9.00. The van der Waals surface area contributed by atoms with Crippen LogP contribution in [0.4, 0.5) is 0 Å². The van der Waals surface area contributed by atoms with Crippen molar-refractivity contribution in [1.82, 2.24) is 25.5 Å². The highest BCUT2D eigenvalue weighted by Gasteiger charge is 2.30. The number of benzene rings is 1. The first-order chi connectivity index (χ1) is 12.7. The van der Waals surface area contributed by atoms with Gasteiger partial charge in [-0.15, -0.1) is 5.10 Å². The summed E-state index contributed by atoms with van der Waals surface area (Å²) < 4.78 is 7.24. The lowest BCUT2D eigenvalue weighted by Gasteiger charge is -2.36. The van der Waals surface area contributed by atoms with Crippen LogP contribution in [0.2, 0.25) is 0 Å². The molecule has 0 radical (unpaired) electrons. The molecule has 4 rings (SSSR count). The van der Waals surface area contributed by atoms with Gasteiger partial charge in [0.15, 0.2) is 5.76 Å². The van der Waals surface area contributed by atoms with Gasteiger partial charge in [-0.1, -0.05) is 40.7 Å². The lowest BCUT2D eigenvalue weighted by atomic mass is 9.80. The van der Waals surface area contributed by atoms with E-state index in [2.05, 4.69) is 20.8 Å². The van der Waals surface area contributed by atoms with E-state index >= 15 is 0 Å². The van der Waals surface area contributed by atoms with Crippen molar-refractivity contribution >= 4 is 0 Å². The van der Waals surface area contributed by atoms with Crippen LogP contribution in [0.25, 0.3) is 11.3 Å². The van der Waals surface area contributed by atoms with Crippen molar-refractivity contribution in [2.45, 2.75) is 45.0 Å². The SMILES string of the molecule is C[C@@H](O)c1cnnn1CC1CC(NCc2cc(-c3ccccc3)no2)C1. The number of nitrogens with zero attached hydrogens (tertiary/aromatic N) is 4. The van der Waals surface area contributed by atoms with E-state index in [1.165, 1.54) is 0 Å². The van der Waals surface area contributed by atoms with Crippen LogP contribution in [-0.2, 0) is 13.1 Å². The Labute approximate surface area is 152 Å². The number of aliphatic hydroxyl groups excluding tert-OH is 1. The summed E-state index contributed by atoms with van der Waals surface area (Å²) in [6.45, 7) is 3.22. The third-order valence-corrected chi connectivity index (χ3v) is 4.94. The second-order valence-corrected chi connectivity index (χ2v) is 6.98. The van der Waals surface area contributed by atoms with E-state index in [9.17, 15) is 5.11 Å². The van der Waals surface area contributed by atoms with Gasteiger partial charge in [-0.3, -0.25) is 0 Å². The zero-order chi connectivity index (χ0) is 17.9. The number of aliphatic hydroxyl groups is 1. The molecule has 7 heteroatoms. The summed E-state index contributed by atoms with van der Waals surface area (Å²) in [5, 5.41) is 25.3. The van der Waals surface area contributed by atoms with Crippen LogP contribution in [0, 0.1) is 5.92 Å². The van der Waals surface area contributed by atoms with Crippen LogP contribution in [-0.4, -0.2) is 31.3 Å². The van der Waals surface area contributed by atoms with Crippen molar-refractivity contribution < 1.29 is 9.63 Å². The van der Waals surface area contributed by atoms with Gasteiger partial charge in [0.2, 0.25) is 0 Å². The Bertz CT molecular complexity index is 837. The summed E-state index contributed by atoms with van der Waals surface area (Å²) in [6, 6.07) is 12.5. The van der Waals surface area contributed by atoms with Gasteiger partial charge in [0.1, 0.15) is 5.69 Å². The molecule has 1 saturated carbocycles. The second kappa shape index (κ2) is 7.39. The summed E-state index contributed by atoms with van der Waals surface area (Å²) in [5.41, 5.74) is 2.70. The highest BCUT2D eigenvalue weighted by molar-refractivity contribution is 5.58. The smallest absolute Gasteiger partial charge is 0.151 e. The summed E-state index contributed by atoms with van der Waals surface area (Å²) in [4.78, 5) is 0. The molecule has 1 atom stereocenters. The van der Waals surface area contributed by atoms with Gasteiger partial charge in [0.25, 0.3) is 0 Å². The minimum Gasteiger partial charge on any atom is -0.387 e. The molecular formula is C19H23N5O2. The quantitative estimate of drug-likeness (QED) is 0.679. The average Bonchev–Trinajstić information content (AvgIpc) is 3.27. The molecule has 1 aliphatic rings. The molecule has 0 spiro atoms. The fourth-order valence-electron chi connectivity index (χ4n) is 3.41. The predicted octanol–water partition coefficient (Wildman–Crippen LogP) is 2.55. The van der Waals surface area contributed by atoms with Crippen molar-refractivity contribution in [1.29, 1.82) is 0 Å². The minimum atomic E-state index is -0.538. The molecule has 0 bridgehead atoms. The molecule has 2 heterocycles. The molecule has 26 heavy (non-hydrogen) atoms. The zero-order valence-electron chi connectivity index (χ0n) is 14.7. The van der Waals surface area contributed by atoms with Gasteiger partial charge in [0.05, 0.1) is 24.5 Å². The molecule has 2 N–H and O–H groups in total. The molecule has 1 fully saturated rings. The molecule has 7 nitrogen and oxygen atoms in total. The van der Waals surface area contributed by atoms with Crippen LogP contribution < -0.4 is 5.32 Å². The number of aromatic nitrogens is 4. The predicted molar refractivity (Wildman–Crippen MR) is 95.9 cm³/mol. The van der Waals surface area contributed by atoms with Crippen LogP contribution in [0.15, 0.2) is 47.1 Å². The molecular weight excluding hydrogens is 330 g/mol. The molecule has 136 valence electrons. The summed E-state index contributed by atoms with van der Waals surface area (Å²) in [5.74, 6) is 1.40. The monoisotopic (exact) mass is 353 g/mol. The lowest BCUT2D eigenvalue weighted by molar-refractivity contribution is 0.162. The first-order valence-electron chi connectivity index (χ1n) is 9.00. The van der Waals surface area contributed by atoms with Gasteiger partial charge in [-0.2, -0.15) is 0 Å². The van der Waals surface area contributed by atoms with E-state index in [-0.39, 0.29) is 0 Å². The molecule has 0 unspecified atom stereocenters. The lowest BCUT2D eigenvalue weighted by Crippen LogP contribution is -2.42. The fourth-order valence-corrected chi connectivity index (χ4v) is 3.41. The Kier molecular flexibility index (Phi) is 4.81. The van der Waals surface area contributed by atoms with E-state index in [1.54, 1.807) is 13.1 Å². The van der Waals surface area contributed by atoms with Crippen LogP contribution >= 0.6 is 0 Å². The number of rotatable bonds is 7. The van der Waals surface area contributed by atoms with E-state index in [0.29, 0.717) is 18.5 Å². The maximum atomic E-state index is 9.71. The van der Waals surface area contributed by atoms with E-state index in [4.69, 9.17) is 4.52 Å². The van der Waals surface area contributed by atoms with Crippen molar-refractivity contribution in [2.24, 2.45) is 5.92 Å². The highest BCUT2D eigenvalue weighted by Crippen LogP contribution is 2.30. The van der Waals surface area contributed by atoms with Crippen molar-refractivity contribution in [3.05, 3.63) is 54.0 Å². The Hall–Kier alpha value is -2.51. The average molecular weight is 353 g/mol. The molecule has 1 aliphatic carbocycles. The Balaban J connectivity index is 1.24. The Morgan fingerprint density at radius 2 is 2.12 bits per heavy atom. The van der Waals surface area contributed by atoms with Gasteiger partial charge >= 0.3 is 0 Å². The van der Waals surface area contributed by atoms with Crippen molar-refractivity contribution in [2.75, 3.05) is 0 Å². The Morgan fingerprint density at radius 1 is 1.31 bits per heavy atom. The molecule has 0 aliphatic heterocycles. The van der Waals surface area contributed by atoms with Crippen LogP contribution in [0.3, 0.4) is 0 Å². The maximum absolute atomic E-state index is 9.71. The highest BCUT2D eigenvalue weighted by atomic mass is 16.5. The summed E-state index contributed by atoms with van der Waals surface area (Å²) >= 11 is 0.